The summed E-state index contributed by atoms with van der Waals surface area (Å²) in [7, 11) is 0. The predicted molar refractivity (Wildman–Crippen MR) is 78.0 cm³/mol. The molecule has 0 atom stereocenters. The second kappa shape index (κ2) is 13.8. The van der Waals surface area contributed by atoms with Crippen LogP contribution in [0.1, 0.15) is 58.8 Å². The van der Waals surface area contributed by atoms with Gasteiger partial charge in [-0.15, -0.1) is 0 Å². The van der Waals surface area contributed by atoms with E-state index in [1.54, 1.807) is 0 Å². The van der Waals surface area contributed by atoms with Crippen molar-refractivity contribution in [3.05, 3.63) is 0 Å². The second-order valence-electron chi connectivity index (χ2n) is 5.34. The van der Waals surface area contributed by atoms with Crippen molar-refractivity contribution in [1.82, 2.24) is 0 Å². The zero-order valence-corrected chi connectivity index (χ0v) is 12.7. The van der Waals surface area contributed by atoms with Gasteiger partial charge in [-0.1, -0.05) is 46.0 Å². The Bertz CT molecular complexity index is 208. The molecule has 0 heterocycles. The molecule has 0 rings (SSSR count). The molecular weight excluding hydrogens is 242 g/mol. The van der Waals surface area contributed by atoms with Gasteiger partial charge in [0.15, 0.2) is 0 Å². The molecule has 0 radical (unpaired) electrons. The van der Waals surface area contributed by atoms with Crippen LogP contribution in [0.25, 0.3) is 0 Å². The van der Waals surface area contributed by atoms with E-state index in [9.17, 15) is 4.79 Å². The third-order valence-corrected chi connectivity index (χ3v) is 2.93. The summed E-state index contributed by atoms with van der Waals surface area (Å²) < 4.78 is 10.3. The minimum absolute atomic E-state index is 0.0440. The van der Waals surface area contributed by atoms with E-state index in [0.717, 1.165) is 25.4 Å². The Labute approximate surface area is 118 Å². The quantitative estimate of drug-likeness (QED) is 0.414. The standard InChI is InChI=1S/C15H31NO3/c1-14(2)9-6-4-3-5-7-10-18-11-8-12-19-15(17)13-16/h14H,3-13,16H2,1-2H3. The molecule has 0 aromatic rings. The van der Waals surface area contributed by atoms with Crippen molar-refractivity contribution in [3.8, 4) is 0 Å². The lowest BCUT2D eigenvalue weighted by molar-refractivity contribution is -0.142. The Morgan fingerprint density at radius 3 is 2.26 bits per heavy atom. The zero-order valence-electron chi connectivity index (χ0n) is 12.7. The molecule has 0 bridgehead atoms. The van der Waals surface area contributed by atoms with Crippen molar-refractivity contribution < 1.29 is 14.3 Å². The lowest BCUT2D eigenvalue weighted by Crippen LogP contribution is -2.17. The largest absolute Gasteiger partial charge is 0.465 e. The van der Waals surface area contributed by atoms with Gasteiger partial charge < -0.3 is 15.2 Å². The molecule has 0 fully saturated rings. The summed E-state index contributed by atoms with van der Waals surface area (Å²) in [6.45, 7) is 6.39. The summed E-state index contributed by atoms with van der Waals surface area (Å²) in [4.78, 5) is 10.7. The van der Waals surface area contributed by atoms with Crippen molar-refractivity contribution in [2.45, 2.75) is 58.8 Å². The fourth-order valence-corrected chi connectivity index (χ4v) is 1.80. The first-order valence-electron chi connectivity index (χ1n) is 7.60. The summed E-state index contributed by atoms with van der Waals surface area (Å²) in [6, 6.07) is 0. The lowest BCUT2D eigenvalue weighted by atomic mass is 10.0. The third-order valence-electron chi connectivity index (χ3n) is 2.93. The maximum Gasteiger partial charge on any atom is 0.319 e. The minimum Gasteiger partial charge on any atom is -0.465 e. The molecule has 19 heavy (non-hydrogen) atoms. The van der Waals surface area contributed by atoms with Crippen LogP contribution in [0.5, 0.6) is 0 Å². The van der Waals surface area contributed by atoms with Crippen LogP contribution in [0.15, 0.2) is 0 Å². The highest BCUT2D eigenvalue weighted by Crippen LogP contribution is 2.10. The van der Waals surface area contributed by atoms with Crippen molar-refractivity contribution in [2.24, 2.45) is 11.7 Å². The number of carbonyl (C=O) groups is 1. The van der Waals surface area contributed by atoms with Crippen molar-refractivity contribution in [1.29, 1.82) is 0 Å². The number of carbonyl (C=O) groups excluding carboxylic acids is 1. The molecule has 0 saturated carbocycles. The van der Waals surface area contributed by atoms with E-state index in [2.05, 4.69) is 13.8 Å². The highest BCUT2D eigenvalue weighted by molar-refractivity contribution is 5.71. The van der Waals surface area contributed by atoms with Gasteiger partial charge in [0.25, 0.3) is 0 Å². The van der Waals surface area contributed by atoms with Crippen molar-refractivity contribution in [3.63, 3.8) is 0 Å². The summed E-state index contributed by atoms with van der Waals surface area (Å²) in [6.07, 6.45) is 8.48. The smallest absolute Gasteiger partial charge is 0.319 e. The van der Waals surface area contributed by atoms with Crippen LogP contribution in [-0.4, -0.2) is 32.3 Å². The van der Waals surface area contributed by atoms with E-state index in [-0.39, 0.29) is 12.5 Å². The molecule has 0 aromatic carbocycles. The van der Waals surface area contributed by atoms with E-state index in [0.29, 0.717) is 13.2 Å². The van der Waals surface area contributed by atoms with Crippen LogP contribution in [0.2, 0.25) is 0 Å². The van der Waals surface area contributed by atoms with E-state index in [1.807, 2.05) is 0 Å². The molecule has 0 aliphatic heterocycles. The van der Waals surface area contributed by atoms with Crippen LogP contribution < -0.4 is 5.73 Å². The zero-order chi connectivity index (χ0) is 14.3. The molecule has 4 nitrogen and oxygen atoms in total. The first kappa shape index (κ1) is 18.4. The maximum atomic E-state index is 10.7. The first-order chi connectivity index (χ1) is 9.16. The third kappa shape index (κ3) is 15.3. The van der Waals surface area contributed by atoms with Gasteiger partial charge in [0.1, 0.15) is 0 Å². The summed E-state index contributed by atoms with van der Waals surface area (Å²) in [5.74, 6) is 0.484. The predicted octanol–water partition coefficient (Wildman–Crippen LogP) is 2.89. The molecule has 2 N–H and O–H groups in total. The monoisotopic (exact) mass is 273 g/mol. The van der Waals surface area contributed by atoms with Gasteiger partial charge in [-0.25, -0.2) is 0 Å². The topological polar surface area (TPSA) is 61.5 Å². The first-order valence-corrected chi connectivity index (χ1v) is 7.60. The SMILES string of the molecule is CC(C)CCCCCCCOCCCOC(=O)CN. The number of unbranched alkanes of at least 4 members (excludes halogenated alkanes) is 4. The Morgan fingerprint density at radius 1 is 0.947 bits per heavy atom. The lowest BCUT2D eigenvalue weighted by Gasteiger charge is -2.06. The molecule has 0 spiro atoms. The molecule has 0 aliphatic carbocycles. The van der Waals surface area contributed by atoms with Crippen LogP contribution in [0.4, 0.5) is 0 Å². The van der Waals surface area contributed by atoms with E-state index >= 15 is 0 Å². The number of esters is 1. The summed E-state index contributed by atoms with van der Waals surface area (Å²) in [5, 5.41) is 0. The van der Waals surface area contributed by atoms with Gasteiger partial charge in [0.2, 0.25) is 0 Å². The molecular formula is C15H31NO3. The van der Waals surface area contributed by atoms with Gasteiger partial charge in [-0.05, 0) is 12.3 Å². The normalized spacial score (nSPS) is 10.9. The fraction of sp³-hybridized carbons (Fsp3) is 0.933. The van der Waals surface area contributed by atoms with Crippen molar-refractivity contribution in [2.75, 3.05) is 26.4 Å². The van der Waals surface area contributed by atoms with Crippen LogP contribution in [0.3, 0.4) is 0 Å². The summed E-state index contributed by atoms with van der Waals surface area (Å²) >= 11 is 0. The molecule has 0 saturated heterocycles. The van der Waals surface area contributed by atoms with Gasteiger partial charge in [-0.3, -0.25) is 4.79 Å². The molecule has 0 aliphatic rings. The minimum atomic E-state index is -0.346. The summed E-state index contributed by atoms with van der Waals surface area (Å²) in [5.41, 5.74) is 5.11. The Morgan fingerprint density at radius 2 is 1.58 bits per heavy atom. The maximum absolute atomic E-state index is 10.7. The second-order valence-corrected chi connectivity index (χ2v) is 5.34. The highest BCUT2D eigenvalue weighted by atomic mass is 16.5. The molecule has 4 heteroatoms. The average molecular weight is 273 g/mol. The van der Waals surface area contributed by atoms with Gasteiger partial charge in [0.05, 0.1) is 13.2 Å². The average Bonchev–Trinajstić information content (AvgIpc) is 2.39. The number of hydrogen-bond acceptors (Lipinski definition) is 4. The number of rotatable bonds is 13. The highest BCUT2D eigenvalue weighted by Gasteiger charge is 1.98. The molecule has 0 amide bonds. The molecule has 0 unspecified atom stereocenters. The van der Waals surface area contributed by atoms with Gasteiger partial charge in [-0.2, -0.15) is 0 Å². The van der Waals surface area contributed by atoms with Crippen LogP contribution >= 0.6 is 0 Å². The Hall–Kier alpha value is -0.610. The number of hydrogen-bond donors (Lipinski definition) is 1. The number of ether oxygens (including phenoxy) is 2. The Kier molecular flexibility index (Phi) is 13.4. The fourth-order valence-electron chi connectivity index (χ4n) is 1.80. The molecule has 0 aromatic heterocycles. The van der Waals surface area contributed by atoms with Crippen LogP contribution in [-0.2, 0) is 14.3 Å². The van der Waals surface area contributed by atoms with Crippen molar-refractivity contribution >= 4 is 5.97 Å². The van der Waals surface area contributed by atoms with Gasteiger partial charge >= 0.3 is 5.97 Å². The van der Waals surface area contributed by atoms with Crippen LogP contribution in [0, 0.1) is 5.92 Å². The van der Waals surface area contributed by atoms with E-state index in [4.69, 9.17) is 15.2 Å². The van der Waals surface area contributed by atoms with Gasteiger partial charge in [0, 0.05) is 19.6 Å². The van der Waals surface area contributed by atoms with E-state index < -0.39 is 0 Å². The Balaban J connectivity index is 3.01. The van der Waals surface area contributed by atoms with E-state index in [1.165, 1.54) is 32.1 Å². The number of nitrogens with two attached hydrogens (primary N) is 1. The molecule has 114 valence electrons.